The van der Waals surface area contributed by atoms with Gasteiger partial charge in [-0.25, -0.2) is 0 Å². The minimum Gasteiger partial charge on any atom is -0.504 e. The molecule has 3 rings (SSSR count). The van der Waals surface area contributed by atoms with Crippen LogP contribution in [0.4, 0.5) is 5.69 Å². The predicted octanol–water partition coefficient (Wildman–Crippen LogP) is 2.80. The number of aromatic hydroxyl groups is 1. The van der Waals surface area contributed by atoms with Gasteiger partial charge < -0.3 is 15.2 Å². The Hall–Kier alpha value is -3.94. The molecule has 2 aromatic rings. The molecule has 0 spiro atoms. The number of carbonyl (C=O) groups is 3. The highest BCUT2D eigenvalue weighted by Gasteiger charge is 2.33. The third-order valence-corrected chi connectivity index (χ3v) is 4.22. The first-order valence-electron chi connectivity index (χ1n) is 8.71. The zero-order chi connectivity index (χ0) is 21.1. The van der Waals surface area contributed by atoms with E-state index in [1.165, 1.54) is 32.2 Å². The maximum atomic E-state index is 12.8. The molecule has 0 aromatic heterocycles. The fraction of sp³-hybridized carbons (Fsp3) is 0.143. The SMILES string of the molecule is COc1cc(/C=C2/C(=O)N(C(=O)c3ccc(NC(C)=O)cc3)N=C2C)ccc1O. The largest absolute Gasteiger partial charge is 0.504 e. The Morgan fingerprint density at radius 3 is 2.48 bits per heavy atom. The van der Waals surface area contributed by atoms with Crippen LogP contribution >= 0.6 is 0 Å². The first-order chi connectivity index (χ1) is 13.8. The number of amides is 3. The molecular weight excluding hydrogens is 374 g/mol. The lowest BCUT2D eigenvalue weighted by molar-refractivity contribution is -0.123. The van der Waals surface area contributed by atoms with E-state index in [2.05, 4.69) is 10.4 Å². The van der Waals surface area contributed by atoms with Crippen molar-refractivity contribution in [2.45, 2.75) is 13.8 Å². The molecule has 3 amide bonds. The molecule has 1 heterocycles. The summed E-state index contributed by atoms with van der Waals surface area (Å²) < 4.78 is 5.07. The maximum Gasteiger partial charge on any atom is 0.283 e. The third kappa shape index (κ3) is 4.16. The number of benzene rings is 2. The number of imide groups is 1. The number of carbonyl (C=O) groups excluding carboxylic acids is 3. The van der Waals surface area contributed by atoms with Crippen LogP contribution in [0.15, 0.2) is 53.1 Å². The van der Waals surface area contributed by atoms with Crippen molar-refractivity contribution in [3.8, 4) is 11.5 Å². The van der Waals surface area contributed by atoms with Gasteiger partial charge in [-0.3, -0.25) is 14.4 Å². The molecule has 29 heavy (non-hydrogen) atoms. The summed E-state index contributed by atoms with van der Waals surface area (Å²) in [5.41, 5.74) is 2.08. The van der Waals surface area contributed by atoms with Crippen molar-refractivity contribution < 1.29 is 24.2 Å². The Bertz CT molecular complexity index is 1050. The van der Waals surface area contributed by atoms with Crippen LogP contribution in [-0.4, -0.2) is 40.7 Å². The van der Waals surface area contributed by atoms with Gasteiger partial charge in [0.25, 0.3) is 11.8 Å². The van der Waals surface area contributed by atoms with E-state index >= 15 is 0 Å². The van der Waals surface area contributed by atoms with E-state index in [-0.39, 0.29) is 28.5 Å². The molecule has 2 aromatic carbocycles. The second-order valence-corrected chi connectivity index (χ2v) is 6.36. The van der Waals surface area contributed by atoms with Gasteiger partial charge in [-0.2, -0.15) is 10.1 Å². The predicted molar refractivity (Wildman–Crippen MR) is 108 cm³/mol. The van der Waals surface area contributed by atoms with Crippen LogP contribution in [0, 0.1) is 0 Å². The summed E-state index contributed by atoms with van der Waals surface area (Å²) in [6.07, 6.45) is 1.58. The number of phenols is 1. The van der Waals surface area contributed by atoms with Crippen molar-refractivity contribution in [3.05, 3.63) is 59.2 Å². The molecule has 8 nitrogen and oxygen atoms in total. The molecule has 0 atom stereocenters. The van der Waals surface area contributed by atoms with E-state index in [0.29, 0.717) is 17.0 Å². The summed E-state index contributed by atoms with van der Waals surface area (Å²) in [7, 11) is 1.43. The van der Waals surface area contributed by atoms with E-state index in [4.69, 9.17) is 4.74 Å². The summed E-state index contributed by atoms with van der Waals surface area (Å²) in [5, 5.41) is 17.2. The Balaban J connectivity index is 1.84. The highest BCUT2D eigenvalue weighted by molar-refractivity contribution is 6.30. The van der Waals surface area contributed by atoms with Crippen molar-refractivity contribution in [3.63, 3.8) is 0 Å². The summed E-state index contributed by atoms with van der Waals surface area (Å²) in [4.78, 5) is 36.6. The summed E-state index contributed by atoms with van der Waals surface area (Å²) in [6.45, 7) is 3.02. The number of methoxy groups -OCH3 is 1. The van der Waals surface area contributed by atoms with E-state index in [1.807, 2.05) is 0 Å². The first-order valence-corrected chi connectivity index (χ1v) is 8.71. The van der Waals surface area contributed by atoms with Crippen molar-refractivity contribution in [1.82, 2.24) is 5.01 Å². The van der Waals surface area contributed by atoms with Crippen molar-refractivity contribution in [2.24, 2.45) is 5.10 Å². The van der Waals surface area contributed by atoms with Gasteiger partial charge >= 0.3 is 0 Å². The highest BCUT2D eigenvalue weighted by atomic mass is 16.5. The first kappa shape index (κ1) is 19.8. The molecule has 0 aliphatic carbocycles. The Morgan fingerprint density at radius 2 is 1.86 bits per heavy atom. The minimum absolute atomic E-state index is 0.0164. The number of phenolic OH excluding ortho intramolecular Hbond substituents is 1. The molecule has 0 saturated carbocycles. The van der Waals surface area contributed by atoms with Crippen LogP contribution in [0.25, 0.3) is 6.08 Å². The molecule has 8 heteroatoms. The van der Waals surface area contributed by atoms with E-state index in [9.17, 15) is 19.5 Å². The number of nitrogens with one attached hydrogen (secondary N) is 1. The fourth-order valence-corrected chi connectivity index (χ4v) is 2.79. The van der Waals surface area contributed by atoms with Gasteiger partial charge in [0, 0.05) is 18.2 Å². The lowest BCUT2D eigenvalue weighted by atomic mass is 10.1. The normalized spacial score (nSPS) is 14.7. The topological polar surface area (TPSA) is 108 Å². The number of hydrogen-bond acceptors (Lipinski definition) is 6. The molecule has 0 bridgehead atoms. The van der Waals surface area contributed by atoms with Gasteiger partial charge in [-0.05, 0) is 55.0 Å². The third-order valence-electron chi connectivity index (χ3n) is 4.22. The second kappa shape index (κ2) is 7.97. The van der Waals surface area contributed by atoms with Gasteiger partial charge in [0.05, 0.1) is 18.4 Å². The zero-order valence-electron chi connectivity index (χ0n) is 16.1. The molecule has 148 valence electrons. The molecule has 0 fully saturated rings. The van der Waals surface area contributed by atoms with Crippen LogP contribution in [0.5, 0.6) is 11.5 Å². The zero-order valence-corrected chi connectivity index (χ0v) is 16.1. The fourth-order valence-electron chi connectivity index (χ4n) is 2.79. The van der Waals surface area contributed by atoms with Crippen LogP contribution in [0.1, 0.15) is 29.8 Å². The number of nitrogens with zero attached hydrogens (tertiary/aromatic N) is 2. The van der Waals surface area contributed by atoms with Crippen LogP contribution in [0.2, 0.25) is 0 Å². The maximum absolute atomic E-state index is 12.8. The summed E-state index contributed by atoms with van der Waals surface area (Å²) in [5.74, 6) is -1.09. The van der Waals surface area contributed by atoms with Crippen molar-refractivity contribution in [2.75, 3.05) is 12.4 Å². The lowest BCUT2D eigenvalue weighted by Crippen LogP contribution is -2.29. The number of ether oxygens (including phenoxy) is 1. The van der Waals surface area contributed by atoms with Crippen LogP contribution in [-0.2, 0) is 9.59 Å². The lowest BCUT2D eigenvalue weighted by Gasteiger charge is -2.10. The van der Waals surface area contributed by atoms with Gasteiger partial charge in [-0.15, -0.1) is 0 Å². The molecule has 0 unspecified atom stereocenters. The molecule has 2 N–H and O–H groups in total. The Kier molecular flexibility index (Phi) is 5.45. The van der Waals surface area contributed by atoms with Gasteiger partial charge in [0.1, 0.15) is 0 Å². The summed E-state index contributed by atoms with van der Waals surface area (Å²) in [6, 6.07) is 10.8. The Morgan fingerprint density at radius 1 is 1.17 bits per heavy atom. The van der Waals surface area contributed by atoms with Gasteiger partial charge in [-0.1, -0.05) is 6.07 Å². The smallest absolute Gasteiger partial charge is 0.283 e. The molecule has 0 saturated heterocycles. The second-order valence-electron chi connectivity index (χ2n) is 6.36. The quantitative estimate of drug-likeness (QED) is 0.613. The Labute approximate surface area is 167 Å². The van der Waals surface area contributed by atoms with Gasteiger partial charge in [0.2, 0.25) is 5.91 Å². The van der Waals surface area contributed by atoms with E-state index < -0.39 is 11.8 Å². The molecule has 1 aliphatic rings. The number of hydrogen-bond donors (Lipinski definition) is 2. The summed E-state index contributed by atoms with van der Waals surface area (Å²) >= 11 is 0. The monoisotopic (exact) mass is 393 g/mol. The molecular formula is C21H19N3O5. The van der Waals surface area contributed by atoms with E-state index in [0.717, 1.165) is 5.01 Å². The van der Waals surface area contributed by atoms with Crippen LogP contribution in [0.3, 0.4) is 0 Å². The minimum atomic E-state index is -0.574. The standard InChI is InChI=1S/C21H19N3O5/c1-12-17(10-14-4-9-18(26)19(11-14)29-3)21(28)24(23-12)20(27)15-5-7-16(8-6-15)22-13(2)25/h4-11,26H,1-3H3,(H,22,25)/b17-10+. The van der Waals surface area contributed by atoms with Crippen molar-refractivity contribution >= 4 is 35.2 Å². The molecule has 0 radical (unpaired) electrons. The number of hydrazone groups is 1. The van der Waals surface area contributed by atoms with Crippen molar-refractivity contribution in [1.29, 1.82) is 0 Å². The number of anilines is 1. The average Bonchev–Trinajstić information content (AvgIpc) is 2.97. The molecule has 1 aliphatic heterocycles. The van der Waals surface area contributed by atoms with Crippen LogP contribution < -0.4 is 10.1 Å². The van der Waals surface area contributed by atoms with Gasteiger partial charge in [0.15, 0.2) is 11.5 Å². The average molecular weight is 393 g/mol. The highest BCUT2D eigenvalue weighted by Crippen LogP contribution is 2.28. The van der Waals surface area contributed by atoms with E-state index in [1.54, 1.807) is 37.3 Å². The number of rotatable bonds is 4.